The number of halogens is 3. The summed E-state index contributed by atoms with van der Waals surface area (Å²) in [7, 11) is 0. The number of amides is 1. The van der Waals surface area contributed by atoms with Gasteiger partial charge in [0.1, 0.15) is 6.54 Å². The van der Waals surface area contributed by atoms with Crippen molar-refractivity contribution in [3.8, 4) is 0 Å². The summed E-state index contributed by atoms with van der Waals surface area (Å²) in [6.07, 6.45) is -4.33. The van der Waals surface area contributed by atoms with Gasteiger partial charge in [0.2, 0.25) is 5.91 Å². The van der Waals surface area contributed by atoms with Crippen LogP contribution in [0.15, 0.2) is 0 Å². The largest absolute Gasteiger partial charge is 0.405 e. The van der Waals surface area contributed by atoms with Crippen molar-refractivity contribution in [3.05, 3.63) is 0 Å². The molecule has 1 heterocycles. The van der Waals surface area contributed by atoms with E-state index in [1.165, 1.54) is 11.8 Å². The quantitative estimate of drug-likeness (QED) is 0.696. The van der Waals surface area contributed by atoms with E-state index >= 15 is 0 Å². The highest BCUT2D eigenvalue weighted by molar-refractivity contribution is 7.99. The molecule has 1 aliphatic heterocycles. The van der Waals surface area contributed by atoms with Gasteiger partial charge >= 0.3 is 6.18 Å². The summed E-state index contributed by atoms with van der Waals surface area (Å²) in [5.74, 6) is 0.565. The van der Waals surface area contributed by atoms with Gasteiger partial charge in [0.25, 0.3) is 0 Å². The third-order valence-corrected chi connectivity index (χ3v) is 2.44. The van der Waals surface area contributed by atoms with Gasteiger partial charge in [-0.25, -0.2) is 0 Å². The maximum atomic E-state index is 11.7. The minimum absolute atomic E-state index is 0.479. The second kappa shape index (κ2) is 4.19. The van der Waals surface area contributed by atoms with Crippen molar-refractivity contribution < 1.29 is 18.0 Å². The Kier molecular flexibility index (Phi) is 3.43. The molecule has 3 nitrogen and oxygen atoms in total. The number of carbonyl (C=O) groups excluding carboxylic acids is 1. The van der Waals surface area contributed by atoms with E-state index in [-0.39, 0.29) is 0 Å². The molecule has 1 aliphatic rings. The monoisotopic (exact) mass is 214 g/mol. The fourth-order valence-electron chi connectivity index (χ4n) is 0.874. The maximum Gasteiger partial charge on any atom is 0.405 e. The van der Waals surface area contributed by atoms with E-state index in [4.69, 9.17) is 0 Å². The summed E-state index contributed by atoms with van der Waals surface area (Å²) in [4.78, 5) is 11.0. The molecule has 0 bridgehead atoms. The highest BCUT2D eigenvalue weighted by Gasteiger charge is 2.30. The molecule has 7 heteroatoms. The molecule has 0 saturated carbocycles. The molecule has 1 atom stereocenters. The molecular weight excluding hydrogens is 205 g/mol. The molecule has 1 rings (SSSR count). The Balaban J connectivity index is 2.25. The second-order valence-electron chi connectivity index (χ2n) is 2.60. The normalized spacial score (nSPS) is 23.2. The molecule has 0 aromatic rings. The zero-order valence-corrected chi connectivity index (χ0v) is 7.47. The summed E-state index contributed by atoms with van der Waals surface area (Å²) < 4.78 is 35.0. The Bertz CT molecular complexity index is 191. The van der Waals surface area contributed by atoms with Crippen LogP contribution in [0.25, 0.3) is 0 Å². The Hall–Kier alpha value is -0.430. The molecule has 0 aromatic heterocycles. The standard InChI is InChI=1S/C6H9F3N2OS/c7-6(8,9)2-10-5(12)4-1-13-3-11-4/h4,11H,1-3H2,(H,10,12)/t4-/m1/s1. The molecule has 1 amide bonds. The minimum Gasteiger partial charge on any atom is -0.346 e. The average molecular weight is 214 g/mol. The van der Waals surface area contributed by atoms with E-state index in [0.717, 1.165) is 0 Å². The van der Waals surface area contributed by atoms with Crippen LogP contribution in [0.1, 0.15) is 0 Å². The van der Waals surface area contributed by atoms with E-state index < -0.39 is 24.7 Å². The number of thioether (sulfide) groups is 1. The average Bonchev–Trinajstić information content (AvgIpc) is 2.50. The number of hydrogen-bond acceptors (Lipinski definition) is 3. The van der Waals surface area contributed by atoms with Crippen molar-refractivity contribution in [2.24, 2.45) is 0 Å². The zero-order chi connectivity index (χ0) is 9.90. The van der Waals surface area contributed by atoms with Crippen molar-refractivity contribution in [2.75, 3.05) is 18.2 Å². The highest BCUT2D eigenvalue weighted by atomic mass is 32.2. The highest BCUT2D eigenvalue weighted by Crippen LogP contribution is 2.13. The maximum absolute atomic E-state index is 11.7. The Labute approximate surface area is 77.4 Å². The van der Waals surface area contributed by atoms with Gasteiger partial charge in [-0.3, -0.25) is 10.1 Å². The Morgan fingerprint density at radius 1 is 1.62 bits per heavy atom. The van der Waals surface area contributed by atoms with Gasteiger partial charge in [-0.15, -0.1) is 11.8 Å². The summed E-state index contributed by atoms with van der Waals surface area (Å²) in [5, 5.41) is 4.60. The van der Waals surface area contributed by atoms with Crippen LogP contribution in [0.4, 0.5) is 13.2 Å². The van der Waals surface area contributed by atoms with Crippen molar-refractivity contribution in [2.45, 2.75) is 12.2 Å². The first-order chi connectivity index (χ1) is 5.99. The van der Waals surface area contributed by atoms with Gasteiger partial charge in [0.05, 0.1) is 6.04 Å². The van der Waals surface area contributed by atoms with Crippen LogP contribution < -0.4 is 10.6 Å². The predicted octanol–water partition coefficient (Wildman–Crippen LogP) is 0.327. The summed E-state index contributed by atoms with van der Waals surface area (Å²) >= 11 is 1.49. The molecule has 1 fully saturated rings. The van der Waals surface area contributed by atoms with E-state index in [1.807, 2.05) is 5.32 Å². The van der Waals surface area contributed by atoms with Crippen molar-refractivity contribution in [1.29, 1.82) is 0 Å². The lowest BCUT2D eigenvalue weighted by atomic mass is 10.3. The van der Waals surface area contributed by atoms with Crippen LogP contribution in [0, 0.1) is 0 Å². The van der Waals surface area contributed by atoms with Gasteiger partial charge in [0, 0.05) is 11.6 Å². The van der Waals surface area contributed by atoms with Crippen molar-refractivity contribution >= 4 is 17.7 Å². The van der Waals surface area contributed by atoms with Crippen LogP contribution in [-0.4, -0.2) is 36.3 Å². The fourth-order valence-corrected chi connectivity index (χ4v) is 1.82. The first-order valence-electron chi connectivity index (χ1n) is 3.64. The lowest BCUT2D eigenvalue weighted by molar-refractivity contribution is -0.139. The van der Waals surface area contributed by atoms with Gasteiger partial charge in [0.15, 0.2) is 0 Å². The lowest BCUT2D eigenvalue weighted by Gasteiger charge is -2.11. The van der Waals surface area contributed by atoms with Gasteiger partial charge in [-0.1, -0.05) is 0 Å². The SMILES string of the molecule is O=C(NCC(F)(F)F)[C@H]1CSCN1. The number of nitrogens with one attached hydrogen (secondary N) is 2. The smallest absolute Gasteiger partial charge is 0.346 e. The Morgan fingerprint density at radius 3 is 2.77 bits per heavy atom. The molecule has 2 N–H and O–H groups in total. The van der Waals surface area contributed by atoms with E-state index in [9.17, 15) is 18.0 Å². The van der Waals surface area contributed by atoms with E-state index in [2.05, 4.69) is 5.32 Å². The van der Waals surface area contributed by atoms with Crippen LogP contribution in [0.5, 0.6) is 0 Å². The molecular formula is C6H9F3N2OS. The zero-order valence-electron chi connectivity index (χ0n) is 6.65. The number of alkyl halides is 3. The summed E-state index contributed by atoms with van der Waals surface area (Å²) in [6.45, 7) is -1.26. The van der Waals surface area contributed by atoms with Gasteiger partial charge in [-0.2, -0.15) is 13.2 Å². The molecule has 0 aromatic carbocycles. The molecule has 1 saturated heterocycles. The molecule has 0 aliphatic carbocycles. The molecule has 76 valence electrons. The van der Waals surface area contributed by atoms with Crippen LogP contribution >= 0.6 is 11.8 Å². The topological polar surface area (TPSA) is 41.1 Å². The lowest BCUT2D eigenvalue weighted by Crippen LogP contribution is -2.45. The second-order valence-corrected chi connectivity index (χ2v) is 3.64. The first kappa shape index (κ1) is 10.6. The molecule has 13 heavy (non-hydrogen) atoms. The van der Waals surface area contributed by atoms with Crippen molar-refractivity contribution in [3.63, 3.8) is 0 Å². The first-order valence-corrected chi connectivity index (χ1v) is 4.80. The van der Waals surface area contributed by atoms with E-state index in [0.29, 0.717) is 11.6 Å². The van der Waals surface area contributed by atoms with Gasteiger partial charge in [-0.05, 0) is 0 Å². The van der Waals surface area contributed by atoms with E-state index in [1.54, 1.807) is 0 Å². The Morgan fingerprint density at radius 2 is 2.31 bits per heavy atom. The minimum atomic E-state index is -4.33. The number of rotatable bonds is 2. The summed E-state index contributed by atoms with van der Waals surface area (Å²) in [5.41, 5.74) is 0. The molecule has 0 spiro atoms. The summed E-state index contributed by atoms with van der Waals surface area (Å²) in [6, 6.07) is -0.479. The van der Waals surface area contributed by atoms with Gasteiger partial charge < -0.3 is 5.32 Å². The van der Waals surface area contributed by atoms with Crippen LogP contribution in [0.3, 0.4) is 0 Å². The van der Waals surface area contributed by atoms with Crippen molar-refractivity contribution in [1.82, 2.24) is 10.6 Å². The fraction of sp³-hybridized carbons (Fsp3) is 0.833. The third kappa shape index (κ3) is 3.86. The molecule has 0 unspecified atom stereocenters. The number of hydrogen-bond donors (Lipinski definition) is 2. The third-order valence-electron chi connectivity index (χ3n) is 1.50. The molecule has 0 radical (unpaired) electrons. The predicted molar refractivity (Wildman–Crippen MR) is 43.3 cm³/mol. The van der Waals surface area contributed by atoms with Crippen LogP contribution in [-0.2, 0) is 4.79 Å². The van der Waals surface area contributed by atoms with Crippen LogP contribution in [0.2, 0.25) is 0 Å². The number of carbonyl (C=O) groups is 1.